The molecule has 1 saturated carbocycles. The third-order valence-electron chi connectivity index (χ3n) is 3.90. The van der Waals surface area contributed by atoms with Crippen molar-refractivity contribution < 1.29 is 4.79 Å². The smallest absolute Gasteiger partial charge is 0.267 e. The topological polar surface area (TPSA) is 46.1 Å². The van der Waals surface area contributed by atoms with Crippen LogP contribution < -0.4 is 0 Å². The first-order chi connectivity index (χ1) is 10.3. The van der Waals surface area contributed by atoms with Gasteiger partial charge in [0.15, 0.2) is 0 Å². The van der Waals surface area contributed by atoms with Crippen molar-refractivity contribution in [3.05, 3.63) is 45.9 Å². The van der Waals surface area contributed by atoms with E-state index in [1.54, 1.807) is 6.20 Å². The maximum Gasteiger partial charge on any atom is 0.267 e. The van der Waals surface area contributed by atoms with Gasteiger partial charge in [-0.3, -0.25) is 4.79 Å². The summed E-state index contributed by atoms with van der Waals surface area (Å²) in [7, 11) is 0. The molecule has 1 aromatic carbocycles. The van der Waals surface area contributed by atoms with E-state index < -0.39 is 0 Å². The van der Waals surface area contributed by atoms with E-state index in [0.29, 0.717) is 16.4 Å². The van der Waals surface area contributed by atoms with Crippen molar-refractivity contribution in [1.82, 2.24) is 14.5 Å². The highest BCUT2D eigenvalue weighted by atomic mass is 35.5. The highest BCUT2D eigenvalue weighted by Crippen LogP contribution is 2.28. The van der Waals surface area contributed by atoms with Gasteiger partial charge in [0, 0.05) is 17.6 Å². The molecule has 6 heteroatoms. The van der Waals surface area contributed by atoms with Gasteiger partial charge in [-0.25, -0.2) is 0 Å². The van der Waals surface area contributed by atoms with Crippen LogP contribution >= 0.6 is 23.1 Å². The molecule has 1 aliphatic carbocycles. The van der Waals surface area contributed by atoms with Crippen molar-refractivity contribution in [2.45, 2.75) is 38.3 Å². The maximum absolute atomic E-state index is 12.7. The van der Waals surface area contributed by atoms with Gasteiger partial charge in [0.25, 0.3) is 5.91 Å². The normalized spacial score (nSPS) is 15.3. The Labute approximate surface area is 132 Å². The number of carbonyl (C=O) groups is 1. The van der Waals surface area contributed by atoms with Crippen molar-refractivity contribution in [2.24, 2.45) is 0 Å². The van der Waals surface area contributed by atoms with Crippen molar-refractivity contribution in [3.8, 4) is 0 Å². The highest BCUT2D eigenvalue weighted by molar-refractivity contribution is 7.07. The summed E-state index contributed by atoms with van der Waals surface area (Å²) in [6.45, 7) is 0.543. The fourth-order valence-corrected chi connectivity index (χ4v) is 3.46. The van der Waals surface area contributed by atoms with Gasteiger partial charge in [-0.1, -0.05) is 47.1 Å². The molecule has 21 heavy (non-hydrogen) atoms. The fraction of sp³-hybridized carbons (Fsp3) is 0.400. The Bertz CT molecular complexity index is 611. The molecule has 0 atom stereocenters. The Kier molecular flexibility index (Phi) is 4.51. The molecule has 1 heterocycles. The molecule has 1 amide bonds. The summed E-state index contributed by atoms with van der Waals surface area (Å²) in [5.74, 6) is 0.0109. The van der Waals surface area contributed by atoms with Gasteiger partial charge < -0.3 is 4.90 Å². The van der Waals surface area contributed by atoms with Crippen molar-refractivity contribution in [1.29, 1.82) is 0 Å². The molecule has 1 fully saturated rings. The van der Waals surface area contributed by atoms with Crippen LogP contribution in [0.1, 0.15) is 40.9 Å². The average Bonchev–Trinajstić information content (AvgIpc) is 3.19. The van der Waals surface area contributed by atoms with Crippen LogP contribution in [-0.4, -0.2) is 26.4 Å². The molecular formula is C15H16ClN3OS. The van der Waals surface area contributed by atoms with Gasteiger partial charge >= 0.3 is 0 Å². The summed E-state index contributed by atoms with van der Waals surface area (Å²) in [5, 5.41) is 4.48. The second-order valence-corrected chi connectivity index (χ2v) is 6.44. The van der Waals surface area contributed by atoms with Crippen LogP contribution in [0.15, 0.2) is 30.5 Å². The summed E-state index contributed by atoms with van der Waals surface area (Å²) in [4.78, 5) is 15.2. The summed E-state index contributed by atoms with van der Waals surface area (Å²) < 4.78 is 3.79. The SMILES string of the molecule is O=C(c1cnns1)N(Cc1ccccc1Cl)C1CCCC1. The lowest BCUT2D eigenvalue weighted by atomic mass is 10.1. The van der Waals surface area contributed by atoms with Gasteiger partial charge in [-0.15, -0.1) is 5.10 Å². The molecule has 0 N–H and O–H groups in total. The molecule has 0 radical (unpaired) electrons. The number of carbonyl (C=O) groups excluding carboxylic acids is 1. The van der Waals surface area contributed by atoms with E-state index in [4.69, 9.17) is 11.6 Å². The Hall–Kier alpha value is -1.46. The molecule has 2 aromatic rings. The Balaban J connectivity index is 1.86. The molecular weight excluding hydrogens is 306 g/mol. The van der Waals surface area contributed by atoms with Gasteiger partial charge in [-0.05, 0) is 36.0 Å². The maximum atomic E-state index is 12.7. The second-order valence-electron chi connectivity index (χ2n) is 5.24. The minimum atomic E-state index is 0.0109. The van der Waals surface area contributed by atoms with Crippen molar-refractivity contribution in [2.75, 3.05) is 0 Å². The van der Waals surface area contributed by atoms with Gasteiger partial charge in [-0.2, -0.15) is 0 Å². The Morgan fingerprint density at radius 1 is 1.33 bits per heavy atom. The van der Waals surface area contributed by atoms with E-state index in [-0.39, 0.29) is 11.9 Å². The standard InChI is InChI=1S/C15H16ClN3OS/c16-13-8-4-1-5-11(13)10-19(12-6-2-3-7-12)15(20)14-9-17-18-21-14/h1,4-5,8-9,12H,2-3,6-7,10H2. The monoisotopic (exact) mass is 321 g/mol. The molecule has 1 aliphatic rings. The van der Waals surface area contributed by atoms with Crippen LogP contribution in [0.25, 0.3) is 0 Å². The van der Waals surface area contributed by atoms with E-state index in [2.05, 4.69) is 9.59 Å². The van der Waals surface area contributed by atoms with Crippen LogP contribution in [0, 0.1) is 0 Å². The molecule has 0 saturated heterocycles. The zero-order valence-corrected chi connectivity index (χ0v) is 13.1. The van der Waals surface area contributed by atoms with Crippen LogP contribution in [0.3, 0.4) is 0 Å². The first-order valence-electron chi connectivity index (χ1n) is 7.07. The number of benzene rings is 1. The van der Waals surface area contributed by atoms with E-state index in [1.807, 2.05) is 29.2 Å². The predicted octanol–water partition coefficient (Wildman–Crippen LogP) is 3.78. The summed E-state index contributed by atoms with van der Waals surface area (Å²) in [6.07, 6.45) is 6.02. The third-order valence-corrected chi connectivity index (χ3v) is 4.92. The zero-order valence-electron chi connectivity index (χ0n) is 11.5. The van der Waals surface area contributed by atoms with Gasteiger partial charge in [0.05, 0.1) is 6.20 Å². The molecule has 4 nitrogen and oxygen atoms in total. The molecule has 0 bridgehead atoms. The summed E-state index contributed by atoms with van der Waals surface area (Å²) in [5.41, 5.74) is 0.983. The first-order valence-corrected chi connectivity index (χ1v) is 8.22. The molecule has 1 aromatic heterocycles. The minimum absolute atomic E-state index is 0.0109. The largest absolute Gasteiger partial charge is 0.330 e. The van der Waals surface area contributed by atoms with E-state index in [9.17, 15) is 4.79 Å². The molecule has 110 valence electrons. The third kappa shape index (κ3) is 3.24. The van der Waals surface area contributed by atoms with Crippen LogP contribution in [-0.2, 0) is 6.54 Å². The predicted molar refractivity (Wildman–Crippen MR) is 83.5 cm³/mol. The van der Waals surface area contributed by atoms with Gasteiger partial charge in [0.2, 0.25) is 0 Å². The molecule has 0 spiro atoms. The number of hydrogen-bond donors (Lipinski definition) is 0. The fourth-order valence-electron chi connectivity index (χ4n) is 2.80. The lowest BCUT2D eigenvalue weighted by Crippen LogP contribution is -2.38. The van der Waals surface area contributed by atoms with E-state index in [0.717, 1.165) is 29.9 Å². The Morgan fingerprint density at radius 3 is 2.76 bits per heavy atom. The quantitative estimate of drug-likeness (QED) is 0.861. The van der Waals surface area contributed by atoms with E-state index >= 15 is 0 Å². The molecule has 0 unspecified atom stereocenters. The van der Waals surface area contributed by atoms with Crippen molar-refractivity contribution in [3.63, 3.8) is 0 Å². The molecule has 3 rings (SSSR count). The first kappa shape index (κ1) is 14.5. The summed E-state index contributed by atoms with van der Waals surface area (Å²) >= 11 is 7.39. The number of rotatable bonds is 4. The number of hydrogen-bond acceptors (Lipinski definition) is 4. The average molecular weight is 322 g/mol. The summed E-state index contributed by atoms with van der Waals surface area (Å²) in [6, 6.07) is 7.98. The number of halogens is 1. The zero-order chi connectivity index (χ0) is 14.7. The Morgan fingerprint density at radius 2 is 2.10 bits per heavy atom. The van der Waals surface area contributed by atoms with Crippen LogP contribution in [0.4, 0.5) is 0 Å². The number of amides is 1. The number of nitrogens with zero attached hydrogens (tertiary/aromatic N) is 3. The van der Waals surface area contributed by atoms with Crippen LogP contribution in [0.5, 0.6) is 0 Å². The molecule has 0 aliphatic heterocycles. The highest BCUT2D eigenvalue weighted by Gasteiger charge is 2.28. The lowest BCUT2D eigenvalue weighted by molar-refractivity contribution is 0.0669. The van der Waals surface area contributed by atoms with Gasteiger partial charge in [0.1, 0.15) is 4.88 Å². The van der Waals surface area contributed by atoms with E-state index in [1.165, 1.54) is 12.8 Å². The van der Waals surface area contributed by atoms with Crippen molar-refractivity contribution >= 4 is 29.0 Å². The lowest BCUT2D eigenvalue weighted by Gasteiger charge is -2.28. The minimum Gasteiger partial charge on any atom is -0.330 e. The second kappa shape index (κ2) is 6.54. The number of aromatic nitrogens is 2. The van der Waals surface area contributed by atoms with Crippen LogP contribution in [0.2, 0.25) is 5.02 Å².